The molecule has 5 fully saturated rings. The number of hydrogen-bond donors (Lipinski definition) is 3. The van der Waals surface area contributed by atoms with E-state index in [2.05, 4.69) is 49.4 Å². The Morgan fingerprint density at radius 1 is 0.864 bits per heavy atom. The molecule has 0 aliphatic carbocycles. The minimum atomic E-state index is -0.984. The van der Waals surface area contributed by atoms with Crippen LogP contribution in [0, 0.1) is 0 Å². The number of hydrogen-bond acceptors (Lipinski definition) is 12. The van der Waals surface area contributed by atoms with E-state index in [-0.39, 0.29) is 41.6 Å². The summed E-state index contributed by atoms with van der Waals surface area (Å²) in [6, 6.07) is 13.1. The summed E-state index contributed by atoms with van der Waals surface area (Å²) in [5, 5.41) is 5.54. The first-order valence-electron chi connectivity index (χ1n) is 20.5. The summed E-state index contributed by atoms with van der Waals surface area (Å²) in [5.74, 6) is -1.75. The summed E-state index contributed by atoms with van der Waals surface area (Å²) in [5.41, 5.74) is 9.21. The van der Waals surface area contributed by atoms with Crippen molar-refractivity contribution in [1.82, 2.24) is 34.9 Å². The molecule has 0 spiro atoms. The quantitative estimate of drug-likeness (QED) is 0.268. The highest BCUT2D eigenvalue weighted by Gasteiger charge is 2.46. The molecule has 4 N–H and O–H groups in total. The van der Waals surface area contributed by atoms with Gasteiger partial charge in [-0.3, -0.25) is 39.1 Å². The molecule has 3 aromatic rings. The number of carbonyl (C=O) groups is 6. The number of likely N-dealkylation sites (N-methyl/N-ethyl adjacent to an activating group) is 1. The maximum Gasteiger partial charge on any atom is 0.320 e. The lowest BCUT2D eigenvalue weighted by atomic mass is 9.74. The fourth-order valence-electron chi connectivity index (χ4n) is 9.54. The first-order valence-corrected chi connectivity index (χ1v) is 20.5. The zero-order valence-electron chi connectivity index (χ0n) is 33.4. The third kappa shape index (κ3) is 7.00. The van der Waals surface area contributed by atoms with Crippen molar-refractivity contribution in [2.24, 2.45) is 5.73 Å². The largest absolute Gasteiger partial charge is 0.368 e. The lowest BCUT2D eigenvalue weighted by Gasteiger charge is -2.50. The summed E-state index contributed by atoms with van der Waals surface area (Å²) < 4.78 is 0. The van der Waals surface area contributed by atoms with Gasteiger partial charge >= 0.3 is 6.03 Å². The van der Waals surface area contributed by atoms with Gasteiger partial charge in [-0.2, -0.15) is 0 Å². The molecule has 17 heteroatoms. The fraction of sp³-hybridized carbons (Fsp3) is 0.476. The Morgan fingerprint density at radius 3 is 2.29 bits per heavy atom. The maximum atomic E-state index is 13.3. The normalized spacial score (nSPS) is 23.8. The van der Waals surface area contributed by atoms with Crippen LogP contribution in [0.4, 0.5) is 27.8 Å². The van der Waals surface area contributed by atoms with E-state index in [1.165, 1.54) is 5.56 Å². The van der Waals surface area contributed by atoms with Crippen molar-refractivity contribution in [2.45, 2.75) is 69.0 Å². The minimum absolute atomic E-state index is 0.0197. The summed E-state index contributed by atoms with van der Waals surface area (Å²) in [6.45, 7) is 8.65. The minimum Gasteiger partial charge on any atom is -0.368 e. The first-order chi connectivity index (χ1) is 28.4. The standard InChI is InChI=1S/C42H49N11O6/c1-42(13-16-49(17-14-42)29-23-51(24-29)27-9-10-30-31(20-27)40(58)53(39(30)57)32-11-12-34(54)47-38(32)56)25-5-7-26(8-6-25)45-37-35(36(43)55)44-21-33(46-37)50-15-3-4-28(22-50)52-19-18-48(2)41(52)59/h5-10,20-21,28-29,32H,3-4,11-19,22-24H2,1-2H3,(H2,43,55)(H,45,46)(H,47,54,56)/t28-,32?/m0/s1. The van der Waals surface area contributed by atoms with Gasteiger partial charge < -0.3 is 30.7 Å². The van der Waals surface area contributed by atoms with Crippen LogP contribution >= 0.6 is 0 Å². The molecule has 6 aliphatic heterocycles. The van der Waals surface area contributed by atoms with E-state index < -0.39 is 35.6 Å². The topological polar surface area (TPSA) is 198 Å². The Kier molecular flexibility index (Phi) is 9.72. The van der Waals surface area contributed by atoms with Gasteiger partial charge in [0, 0.05) is 70.2 Å². The SMILES string of the molecule is CN1CCN([C@H]2CCCN(c3cnc(C(N)=O)c(Nc4ccc(C5(C)CCN(C6CN(c7ccc8c(c7)C(=O)N(C7CCC(=O)NC7=O)C8=O)C6)CC5)cc4)n3)C2)C1=O. The van der Waals surface area contributed by atoms with Crippen molar-refractivity contribution in [2.75, 3.05) is 74.5 Å². The van der Waals surface area contributed by atoms with E-state index in [0.717, 1.165) is 81.2 Å². The van der Waals surface area contributed by atoms with E-state index in [1.54, 1.807) is 23.2 Å². The number of imide groups is 2. The molecule has 7 heterocycles. The van der Waals surface area contributed by atoms with Gasteiger partial charge in [0.15, 0.2) is 11.5 Å². The second-order valence-corrected chi connectivity index (χ2v) is 17.0. The number of nitrogens with zero attached hydrogens (tertiary/aromatic N) is 8. The number of benzene rings is 2. The van der Waals surface area contributed by atoms with Gasteiger partial charge in [-0.05, 0) is 86.5 Å². The van der Waals surface area contributed by atoms with Crippen molar-refractivity contribution < 1.29 is 28.8 Å². The van der Waals surface area contributed by atoms with Crippen LogP contribution in [0.2, 0.25) is 0 Å². The van der Waals surface area contributed by atoms with Crippen molar-refractivity contribution in [3.63, 3.8) is 0 Å². The lowest BCUT2D eigenvalue weighted by Crippen LogP contribution is -2.61. The molecule has 2 aromatic carbocycles. The number of carbonyl (C=O) groups excluding carboxylic acids is 6. The molecule has 1 unspecified atom stereocenters. The van der Waals surface area contributed by atoms with E-state index in [1.807, 2.05) is 30.1 Å². The highest BCUT2D eigenvalue weighted by molar-refractivity contribution is 6.23. The van der Waals surface area contributed by atoms with E-state index >= 15 is 0 Å². The van der Waals surface area contributed by atoms with Gasteiger partial charge in [-0.15, -0.1) is 0 Å². The van der Waals surface area contributed by atoms with Crippen LogP contribution in [0.15, 0.2) is 48.7 Å². The Balaban J connectivity index is 0.798. The zero-order chi connectivity index (χ0) is 41.2. The van der Waals surface area contributed by atoms with Gasteiger partial charge in [0.05, 0.1) is 23.4 Å². The number of likely N-dealkylation sites (tertiary alicyclic amines) is 1. The average Bonchev–Trinajstić information content (AvgIpc) is 3.67. The van der Waals surface area contributed by atoms with Gasteiger partial charge in [0.1, 0.15) is 11.9 Å². The summed E-state index contributed by atoms with van der Waals surface area (Å²) in [7, 11) is 1.83. The second-order valence-electron chi connectivity index (χ2n) is 17.0. The second kappa shape index (κ2) is 14.9. The summed E-state index contributed by atoms with van der Waals surface area (Å²) >= 11 is 0. The third-order valence-corrected chi connectivity index (χ3v) is 13.3. The van der Waals surface area contributed by atoms with Crippen LogP contribution in [0.1, 0.15) is 82.2 Å². The number of rotatable bonds is 9. The van der Waals surface area contributed by atoms with Crippen LogP contribution in [-0.2, 0) is 15.0 Å². The monoisotopic (exact) mass is 803 g/mol. The molecular weight excluding hydrogens is 755 g/mol. The predicted molar refractivity (Wildman–Crippen MR) is 218 cm³/mol. The van der Waals surface area contributed by atoms with Crippen LogP contribution < -0.4 is 26.2 Å². The van der Waals surface area contributed by atoms with Crippen molar-refractivity contribution in [3.8, 4) is 0 Å². The van der Waals surface area contributed by atoms with Crippen LogP contribution in [0.5, 0.6) is 0 Å². The highest BCUT2D eigenvalue weighted by Crippen LogP contribution is 2.39. The molecule has 0 saturated carbocycles. The van der Waals surface area contributed by atoms with E-state index in [0.29, 0.717) is 36.3 Å². The number of aromatic nitrogens is 2. The van der Waals surface area contributed by atoms with Crippen molar-refractivity contribution in [1.29, 1.82) is 0 Å². The molecule has 0 bridgehead atoms. The maximum absolute atomic E-state index is 13.3. The summed E-state index contributed by atoms with van der Waals surface area (Å²) in [6.07, 6.45) is 5.60. The summed E-state index contributed by atoms with van der Waals surface area (Å²) in [4.78, 5) is 96.4. The Morgan fingerprint density at radius 2 is 1.59 bits per heavy atom. The fourth-order valence-corrected chi connectivity index (χ4v) is 9.54. The molecular formula is C42H49N11O6. The molecule has 2 atom stereocenters. The van der Waals surface area contributed by atoms with Crippen molar-refractivity contribution in [3.05, 3.63) is 71.0 Å². The van der Waals surface area contributed by atoms with Crippen LogP contribution in [0.25, 0.3) is 0 Å². The number of nitrogens with one attached hydrogen (secondary N) is 2. The van der Waals surface area contributed by atoms with Crippen LogP contribution in [-0.4, -0.2) is 143 Å². The smallest absolute Gasteiger partial charge is 0.320 e. The molecule has 9 rings (SSSR count). The number of fused-ring (bicyclic) bond motifs is 1. The lowest BCUT2D eigenvalue weighted by molar-refractivity contribution is -0.136. The molecule has 17 nitrogen and oxygen atoms in total. The molecule has 308 valence electrons. The number of nitrogens with two attached hydrogens (primary N) is 1. The van der Waals surface area contributed by atoms with Crippen LogP contribution in [0.3, 0.4) is 0 Å². The Bertz CT molecular complexity index is 2240. The number of piperidine rings is 3. The average molecular weight is 804 g/mol. The van der Waals surface area contributed by atoms with Gasteiger partial charge in [-0.25, -0.2) is 14.8 Å². The Labute approximate surface area is 341 Å². The zero-order valence-corrected chi connectivity index (χ0v) is 33.4. The van der Waals surface area contributed by atoms with Gasteiger partial charge in [0.2, 0.25) is 11.8 Å². The van der Waals surface area contributed by atoms with Gasteiger partial charge in [0.25, 0.3) is 17.7 Å². The number of primary amides is 1. The molecule has 0 radical (unpaired) electrons. The highest BCUT2D eigenvalue weighted by atomic mass is 16.2. The molecule has 7 amide bonds. The number of amides is 7. The van der Waals surface area contributed by atoms with Gasteiger partial charge in [-0.1, -0.05) is 19.1 Å². The van der Waals surface area contributed by atoms with E-state index in [9.17, 15) is 28.8 Å². The Hall–Kier alpha value is -6.10. The number of urea groups is 1. The van der Waals surface area contributed by atoms with Crippen molar-refractivity contribution >= 4 is 58.6 Å². The molecule has 1 aromatic heterocycles. The predicted octanol–water partition coefficient (Wildman–Crippen LogP) is 2.30. The third-order valence-electron chi connectivity index (χ3n) is 13.3. The first kappa shape index (κ1) is 38.4. The molecule has 59 heavy (non-hydrogen) atoms. The number of anilines is 4. The van der Waals surface area contributed by atoms with E-state index in [4.69, 9.17) is 10.7 Å². The molecule has 5 saturated heterocycles. The molecule has 6 aliphatic rings.